The molecule has 0 aliphatic rings. The number of carbonyl (C=O) groups excluding carboxylic acids is 1. The van der Waals surface area contributed by atoms with Crippen molar-refractivity contribution in [3.63, 3.8) is 0 Å². The normalized spacial score (nSPS) is 10.5. The van der Waals surface area contributed by atoms with E-state index in [1.165, 1.54) is 11.1 Å². The summed E-state index contributed by atoms with van der Waals surface area (Å²) in [6, 6.07) is 10.1. The largest absolute Gasteiger partial charge is 0.365 e. The number of anilines is 2. The SMILES string of the molecule is Cc1cc(C)cc(N(C)CC(=O)Nc2c(C)cc(C)cc2Cl)c1. The number of rotatable bonds is 4. The fourth-order valence-corrected chi connectivity index (χ4v) is 3.10. The van der Waals surface area contributed by atoms with Gasteiger partial charge in [-0.25, -0.2) is 0 Å². The molecule has 0 atom stereocenters. The molecule has 0 saturated heterocycles. The lowest BCUT2D eigenvalue weighted by Crippen LogP contribution is -2.30. The predicted octanol–water partition coefficient (Wildman–Crippen LogP) is 4.65. The highest BCUT2D eigenvalue weighted by Gasteiger charge is 2.12. The third kappa shape index (κ3) is 4.49. The number of hydrogen-bond acceptors (Lipinski definition) is 2. The van der Waals surface area contributed by atoms with E-state index in [1.807, 2.05) is 37.9 Å². The number of nitrogens with zero attached hydrogens (tertiary/aromatic N) is 1. The molecule has 0 aliphatic carbocycles. The van der Waals surface area contributed by atoms with Crippen LogP contribution in [-0.4, -0.2) is 19.5 Å². The summed E-state index contributed by atoms with van der Waals surface area (Å²) >= 11 is 6.25. The molecule has 0 bridgehead atoms. The highest BCUT2D eigenvalue weighted by Crippen LogP contribution is 2.27. The summed E-state index contributed by atoms with van der Waals surface area (Å²) in [5.74, 6) is -0.0829. The van der Waals surface area contributed by atoms with Crippen LogP contribution < -0.4 is 10.2 Å². The zero-order chi connectivity index (χ0) is 17.1. The van der Waals surface area contributed by atoms with Crippen molar-refractivity contribution in [1.29, 1.82) is 0 Å². The zero-order valence-corrected chi connectivity index (χ0v) is 15.1. The molecular formula is C19H23ClN2O. The number of halogens is 1. The molecule has 23 heavy (non-hydrogen) atoms. The summed E-state index contributed by atoms with van der Waals surface area (Å²) in [5, 5.41) is 3.50. The maximum atomic E-state index is 12.3. The number of benzene rings is 2. The van der Waals surface area contributed by atoms with E-state index in [4.69, 9.17) is 11.6 Å². The van der Waals surface area contributed by atoms with Gasteiger partial charge in [0.15, 0.2) is 0 Å². The van der Waals surface area contributed by atoms with Gasteiger partial charge in [-0.15, -0.1) is 0 Å². The molecule has 0 spiro atoms. The Hall–Kier alpha value is -2.00. The van der Waals surface area contributed by atoms with Crippen molar-refractivity contribution in [2.45, 2.75) is 27.7 Å². The van der Waals surface area contributed by atoms with E-state index in [-0.39, 0.29) is 12.5 Å². The van der Waals surface area contributed by atoms with E-state index in [0.29, 0.717) is 10.7 Å². The molecule has 0 unspecified atom stereocenters. The fraction of sp³-hybridized carbons (Fsp3) is 0.316. The summed E-state index contributed by atoms with van der Waals surface area (Å²) in [4.78, 5) is 14.3. The quantitative estimate of drug-likeness (QED) is 0.885. The predicted molar refractivity (Wildman–Crippen MR) is 98.7 cm³/mol. The van der Waals surface area contributed by atoms with Crippen molar-refractivity contribution in [3.05, 3.63) is 57.6 Å². The summed E-state index contributed by atoms with van der Waals surface area (Å²) in [5.41, 5.74) is 6.14. The summed E-state index contributed by atoms with van der Waals surface area (Å²) < 4.78 is 0. The monoisotopic (exact) mass is 330 g/mol. The molecule has 4 heteroatoms. The lowest BCUT2D eigenvalue weighted by Gasteiger charge is -2.20. The molecule has 122 valence electrons. The number of amides is 1. The third-order valence-electron chi connectivity index (χ3n) is 3.72. The minimum atomic E-state index is -0.0829. The molecule has 0 fully saturated rings. The molecule has 2 aromatic carbocycles. The van der Waals surface area contributed by atoms with Gasteiger partial charge in [0.2, 0.25) is 5.91 Å². The minimum absolute atomic E-state index is 0.0829. The van der Waals surface area contributed by atoms with Gasteiger partial charge in [0.1, 0.15) is 0 Å². The first-order valence-electron chi connectivity index (χ1n) is 7.62. The average Bonchev–Trinajstić information content (AvgIpc) is 2.41. The Labute approximate surface area is 143 Å². The molecule has 0 heterocycles. The maximum absolute atomic E-state index is 12.3. The fourth-order valence-electron chi connectivity index (χ4n) is 2.73. The van der Waals surface area contributed by atoms with Gasteiger partial charge in [0.05, 0.1) is 17.3 Å². The standard InChI is InChI=1S/C19H23ClN2O/c1-12-6-13(2)9-16(8-12)22(5)11-18(23)21-19-15(4)7-14(3)10-17(19)20/h6-10H,11H2,1-5H3,(H,21,23). The number of likely N-dealkylation sites (N-methyl/N-ethyl adjacent to an activating group) is 1. The van der Waals surface area contributed by atoms with E-state index < -0.39 is 0 Å². The van der Waals surface area contributed by atoms with Gasteiger partial charge < -0.3 is 10.2 Å². The molecule has 0 radical (unpaired) electrons. The van der Waals surface area contributed by atoms with Gasteiger partial charge in [-0.05, 0) is 68.1 Å². The van der Waals surface area contributed by atoms with Crippen molar-refractivity contribution in [3.8, 4) is 0 Å². The van der Waals surface area contributed by atoms with Crippen LogP contribution in [0.3, 0.4) is 0 Å². The highest BCUT2D eigenvalue weighted by molar-refractivity contribution is 6.34. The second kappa shape index (κ2) is 7.05. The van der Waals surface area contributed by atoms with Crippen LogP contribution in [0.15, 0.2) is 30.3 Å². The van der Waals surface area contributed by atoms with Gasteiger partial charge in [-0.1, -0.05) is 23.7 Å². The highest BCUT2D eigenvalue weighted by atomic mass is 35.5. The maximum Gasteiger partial charge on any atom is 0.243 e. The average molecular weight is 331 g/mol. The van der Waals surface area contributed by atoms with E-state index in [1.54, 1.807) is 0 Å². The zero-order valence-electron chi connectivity index (χ0n) is 14.3. The lowest BCUT2D eigenvalue weighted by molar-refractivity contribution is -0.114. The second-order valence-electron chi connectivity index (χ2n) is 6.19. The first-order valence-corrected chi connectivity index (χ1v) is 8.00. The van der Waals surface area contributed by atoms with Gasteiger partial charge in [0.25, 0.3) is 0 Å². The molecule has 2 aromatic rings. The summed E-state index contributed by atoms with van der Waals surface area (Å²) in [6.45, 7) is 8.31. The van der Waals surface area contributed by atoms with Crippen LogP contribution in [-0.2, 0) is 4.79 Å². The summed E-state index contributed by atoms with van der Waals surface area (Å²) in [6.07, 6.45) is 0. The van der Waals surface area contributed by atoms with Gasteiger partial charge in [-0.3, -0.25) is 4.79 Å². The van der Waals surface area contributed by atoms with Crippen molar-refractivity contribution in [2.24, 2.45) is 0 Å². The van der Waals surface area contributed by atoms with Gasteiger partial charge >= 0.3 is 0 Å². The number of aryl methyl sites for hydroxylation is 4. The Balaban J connectivity index is 2.10. The number of nitrogens with one attached hydrogen (secondary N) is 1. The smallest absolute Gasteiger partial charge is 0.243 e. The van der Waals surface area contributed by atoms with Crippen molar-refractivity contribution >= 4 is 28.9 Å². The molecule has 0 saturated carbocycles. The van der Waals surface area contributed by atoms with Crippen LogP contribution >= 0.6 is 11.6 Å². The van der Waals surface area contributed by atoms with Crippen LogP contribution in [0.1, 0.15) is 22.3 Å². The lowest BCUT2D eigenvalue weighted by atomic mass is 10.1. The molecule has 0 aliphatic heterocycles. The topological polar surface area (TPSA) is 32.3 Å². The van der Waals surface area contributed by atoms with Crippen LogP contribution in [0.25, 0.3) is 0 Å². The van der Waals surface area contributed by atoms with Crippen molar-refractivity contribution in [2.75, 3.05) is 23.8 Å². The Bertz CT molecular complexity index is 697. The van der Waals surface area contributed by atoms with E-state index in [2.05, 4.69) is 37.4 Å². The molecular weight excluding hydrogens is 308 g/mol. The number of carbonyl (C=O) groups is 1. The van der Waals surface area contributed by atoms with Crippen LogP contribution in [0.4, 0.5) is 11.4 Å². The Morgan fingerprint density at radius 3 is 2.13 bits per heavy atom. The van der Waals surface area contributed by atoms with E-state index in [0.717, 1.165) is 16.8 Å². The molecule has 0 aromatic heterocycles. The molecule has 1 amide bonds. The number of hydrogen-bond donors (Lipinski definition) is 1. The third-order valence-corrected chi connectivity index (χ3v) is 4.02. The second-order valence-corrected chi connectivity index (χ2v) is 6.60. The van der Waals surface area contributed by atoms with E-state index >= 15 is 0 Å². The van der Waals surface area contributed by atoms with Gasteiger partial charge in [0, 0.05) is 12.7 Å². The van der Waals surface area contributed by atoms with E-state index in [9.17, 15) is 4.79 Å². The molecule has 1 N–H and O–H groups in total. The van der Waals surface area contributed by atoms with Crippen LogP contribution in [0.2, 0.25) is 5.02 Å². The first kappa shape index (κ1) is 17.4. The Morgan fingerprint density at radius 2 is 1.57 bits per heavy atom. The first-order chi connectivity index (χ1) is 10.8. The van der Waals surface area contributed by atoms with Gasteiger partial charge in [-0.2, -0.15) is 0 Å². The van der Waals surface area contributed by atoms with Crippen molar-refractivity contribution in [1.82, 2.24) is 0 Å². The van der Waals surface area contributed by atoms with Crippen LogP contribution in [0.5, 0.6) is 0 Å². The molecule has 3 nitrogen and oxygen atoms in total. The Morgan fingerprint density at radius 1 is 1.00 bits per heavy atom. The van der Waals surface area contributed by atoms with Crippen molar-refractivity contribution < 1.29 is 4.79 Å². The molecule has 2 rings (SSSR count). The summed E-state index contributed by atoms with van der Waals surface area (Å²) in [7, 11) is 1.91. The Kier molecular flexibility index (Phi) is 5.32. The van der Waals surface area contributed by atoms with Crippen LogP contribution in [0, 0.1) is 27.7 Å². The minimum Gasteiger partial charge on any atom is -0.365 e.